The molecule has 0 spiro atoms. The Labute approximate surface area is 238 Å². The van der Waals surface area contributed by atoms with E-state index in [4.69, 9.17) is 15.6 Å². The number of hydrogen-bond donors (Lipinski definition) is 5. The van der Waals surface area contributed by atoms with Crippen molar-refractivity contribution in [2.45, 2.75) is 64.1 Å². The maximum atomic E-state index is 14.1. The number of nitrogens with zero attached hydrogens (tertiary/aromatic N) is 2. The Morgan fingerprint density at radius 1 is 1.21 bits per heavy atom. The van der Waals surface area contributed by atoms with Gasteiger partial charge in [-0.25, -0.2) is 9.89 Å². The Morgan fingerprint density at radius 3 is 2.48 bits per heavy atom. The van der Waals surface area contributed by atoms with Gasteiger partial charge in [0.05, 0.1) is 22.2 Å². The number of benzene rings is 1. The van der Waals surface area contributed by atoms with Crippen LogP contribution in [-0.4, -0.2) is 44.3 Å². The molecule has 0 radical (unpaired) electrons. The predicted octanol–water partition coefficient (Wildman–Crippen LogP) is 3.33. The number of aryl methyl sites for hydroxylation is 1. The van der Waals surface area contributed by atoms with Gasteiger partial charge in [-0.2, -0.15) is 23.5 Å². The van der Waals surface area contributed by atoms with E-state index in [1.165, 1.54) is 6.07 Å². The lowest BCUT2D eigenvalue weighted by Crippen LogP contribution is -2.41. The molecule has 42 heavy (non-hydrogen) atoms. The number of alkyl halides is 3. The van der Waals surface area contributed by atoms with Crippen LogP contribution in [0.25, 0.3) is 0 Å². The first-order valence-electron chi connectivity index (χ1n) is 12.7. The molecule has 2 heterocycles. The number of fused-ring (bicyclic) bond motifs is 1. The maximum absolute atomic E-state index is 14.1. The van der Waals surface area contributed by atoms with Gasteiger partial charge in [0, 0.05) is 24.8 Å². The first-order valence-corrected chi connectivity index (χ1v) is 12.7. The van der Waals surface area contributed by atoms with Crippen LogP contribution in [0.5, 0.6) is 5.88 Å². The van der Waals surface area contributed by atoms with Crippen LogP contribution in [0.15, 0.2) is 29.7 Å². The Balaban J connectivity index is 2.01. The van der Waals surface area contributed by atoms with Gasteiger partial charge in [0.15, 0.2) is 0 Å². The summed E-state index contributed by atoms with van der Waals surface area (Å²) in [6.07, 6.45) is -5.97. The van der Waals surface area contributed by atoms with Gasteiger partial charge >= 0.3 is 18.1 Å². The molecule has 14 heteroatoms. The molecule has 1 amide bonds. The van der Waals surface area contributed by atoms with Crippen molar-refractivity contribution in [3.63, 3.8) is 0 Å². The molecule has 11 nitrogen and oxygen atoms in total. The minimum absolute atomic E-state index is 0.0461. The molecule has 1 aromatic carbocycles. The summed E-state index contributed by atoms with van der Waals surface area (Å²) in [6, 6.07) is 3.81. The number of nitriles is 1. The average molecular weight is 588 g/mol. The monoisotopic (exact) mass is 587 g/mol. The van der Waals surface area contributed by atoms with Crippen molar-refractivity contribution in [3.05, 3.63) is 57.6 Å². The molecule has 222 valence electrons. The van der Waals surface area contributed by atoms with Crippen LogP contribution in [0.4, 0.5) is 13.2 Å². The Morgan fingerprint density at radius 2 is 1.90 bits per heavy atom. The van der Waals surface area contributed by atoms with Gasteiger partial charge in [-0.1, -0.05) is 25.7 Å². The van der Waals surface area contributed by atoms with Crippen molar-refractivity contribution in [1.29, 1.82) is 5.26 Å². The van der Waals surface area contributed by atoms with E-state index in [-0.39, 0.29) is 47.7 Å². The first kappa shape index (κ1) is 31.5. The maximum Gasteiger partial charge on any atom is 0.416 e. The molecule has 1 aliphatic heterocycles. The summed E-state index contributed by atoms with van der Waals surface area (Å²) in [5.41, 5.74) is 4.31. The quantitative estimate of drug-likeness (QED) is 0.274. The summed E-state index contributed by atoms with van der Waals surface area (Å²) in [4.78, 5) is 34.2. The molecular formula is C28H28F3N5O6. The second-order valence-corrected chi connectivity index (χ2v) is 9.92. The fourth-order valence-electron chi connectivity index (χ4n) is 5.00. The number of carbonyl (C=O) groups is 3. The van der Waals surface area contributed by atoms with E-state index in [9.17, 15) is 37.9 Å². The van der Waals surface area contributed by atoms with E-state index in [2.05, 4.69) is 27.4 Å². The molecular weight excluding hydrogens is 559 g/mol. The molecule has 2 aromatic rings. The van der Waals surface area contributed by atoms with Crippen molar-refractivity contribution >= 4 is 17.8 Å². The van der Waals surface area contributed by atoms with Crippen molar-refractivity contribution in [3.8, 4) is 23.8 Å². The average Bonchev–Trinajstić information content (AvgIpc) is 3.27. The van der Waals surface area contributed by atoms with Crippen LogP contribution >= 0.6 is 0 Å². The summed E-state index contributed by atoms with van der Waals surface area (Å²) in [5, 5.41) is 37.0. The second kappa shape index (κ2) is 12.3. The number of halogens is 3. The number of ether oxygens (including phenoxy) is 1. The molecule has 0 saturated heterocycles. The summed E-state index contributed by atoms with van der Waals surface area (Å²) < 4.78 is 47.8. The van der Waals surface area contributed by atoms with Crippen LogP contribution in [0.3, 0.4) is 0 Å². The predicted molar refractivity (Wildman–Crippen MR) is 140 cm³/mol. The lowest BCUT2D eigenvalue weighted by molar-refractivity contribution is -0.143. The van der Waals surface area contributed by atoms with E-state index in [0.717, 1.165) is 12.1 Å². The molecule has 1 aliphatic rings. The van der Waals surface area contributed by atoms with Gasteiger partial charge in [0.2, 0.25) is 17.7 Å². The molecule has 6 N–H and O–H groups in total. The zero-order chi connectivity index (χ0) is 31.4. The Hall–Kier alpha value is -4.98. The lowest BCUT2D eigenvalue weighted by atomic mass is 9.61. The molecule has 3 rings (SSSR count). The van der Waals surface area contributed by atoms with Crippen LogP contribution < -0.4 is 15.8 Å². The third-order valence-electron chi connectivity index (χ3n) is 6.84. The number of allylic oxidation sites excluding steroid dienone is 1. The van der Waals surface area contributed by atoms with Crippen molar-refractivity contribution in [2.24, 2.45) is 11.7 Å². The Bertz CT molecular complexity index is 1540. The molecule has 0 bridgehead atoms. The number of rotatable bonds is 9. The van der Waals surface area contributed by atoms with Crippen LogP contribution in [0, 0.1) is 36.0 Å². The lowest BCUT2D eigenvalue weighted by Gasteiger charge is -2.41. The van der Waals surface area contributed by atoms with Crippen molar-refractivity contribution < 1.29 is 42.5 Å². The molecule has 2 atom stereocenters. The zero-order valence-electron chi connectivity index (χ0n) is 22.8. The number of aromatic nitrogens is 2. The van der Waals surface area contributed by atoms with E-state index in [0.29, 0.717) is 11.3 Å². The van der Waals surface area contributed by atoms with Crippen LogP contribution in [-0.2, 0) is 26.0 Å². The molecule has 0 fully saturated rings. The summed E-state index contributed by atoms with van der Waals surface area (Å²) in [7, 11) is 0. The van der Waals surface area contributed by atoms with E-state index in [1.807, 2.05) is 6.07 Å². The fraction of sp³-hybridized carbons (Fsp3) is 0.393. The summed E-state index contributed by atoms with van der Waals surface area (Å²) in [6.45, 7) is 5.09. The third-order valence-corrected chi connectivity index (χ3v) is 6.84. The Kier molecular flexibility index (Phi) is 9.21. The van der Waals surface area contributed by atoms with Gasteiger partial charge in [-0.3, -0.25) is 9.59 Å². The highest BCUT2D eigenvalue weighted by Crippen LogP contribution is 2.53. The van der Waals surface area contributed by atoms with Gasteiger partial charge in [0.25, 0.3) is 0 Å². The van der Waals surface area contributed by atoms with Crippen molar-refractivity contribution in [1.82, 2.24) is 15.5 Å². The highest BCUT2D eigenvalue weighted by molar-refractivity contribution is 5.84. The number of amides is 1. The smallest absolute Gasteiger partial charge is 0.416 e. The van der Waals surface area contributed by atoms with E-state index in [1.54, 1.807) is 20.8 Å². The zero-order valence-corrected chi connectivity index (χ0v) is 22.8. The standard InChI is InChI=1S/C28H28F3N5O6/c1-14(2)27(19(13-32)24(33)42-25-23(27)15(3)35-36-25)17-10-16(11-18(12-17)28(29,30)31)6-4-5-7-21(37)34-20(26(40)41)8-9-22(38)39/h10-12,14,20H,5,7-9,33H2,1-3H3,(H,34,37)(H,35,36)(H,38,39)(H,40,41)/t20-,27?/m1/s1. The largest absolute Gasteiger partial charge is 0.481 e. The fourth-order valence-corrected chi connectivity index (χ4v) is 5.00. The van der Waals surface area contributed by atoms with Gasteiger partial charge in [-0.15, -0.1) is 0 Å². The topological polar surface area (TPSA) is 191 Å². The van der Waals surface area contributed by atoms with Gasteiger partial charge in [0.1, 0.15) is 17.7 Å². The first-order chi connectivity index (χ1) is 19.6. The van der Waals surface area contributed by atoms with Crippen molar-refractivity contribution in [2.75, 3.05) is 0 Å². The van der Waals surface area contributed by atoms with E-state index >= 15 is 0 Å². The number of carbonyl (C=O) groups excluding carboxylic acids is 1. The SMILES string of the molecule is Cc1n[nH]c2c1C(c1cc(C#CCCC(=O)N[C@H](CCC(=O)O)C(=O)O)cc(C(F)(F)F)c1)(C(C)C)C(C#N)=C(N)O2. The van der Waals surface area contributed by atoms with Crippen LogP contribution in [0.2, 0.25) is 0 Å². The second-order valence-electron chi connectivity index (χ2n) is 9.92. The number of nitrogens with two attached hydrogens (primary N) is 1. The third kappa shape index (κ3) is 6.33. The highest BCUT2D eigenvalue weighted by Gasteiger charge is 2.51. The van der Waals surface area contributed by atoms with E-state index < -0.39 is 53.4 Å². The number of H-pyrrole nitrogens is 1. The summed E-state index contributed by atoms with van der Waals surface area (Å²) >= 11 is 0. The minimum Gasteiger partial charge on any atom is -0.481 e. The number of nitrogens with one attached hydrogen (secondary N) is 2. The number of hydrogen-bond acceptors (Lipinski definition) is 7. The number of carboxylic acids is 2. The molecule has 1 unspecified atom stereocenters. The number of carboxylic acid groups (broad SMARTS) is 2. The highest BCUT2D eigenvalue weighted by atomic mass is 19.4. The minimum atomic E-state index is -4.77. The molecule has 0 aliphatic carbocycles. The van der Waals surface area contributed by atoms with Crippen LogP contribution in [0.1, 0.15) is 67.5 Å². The normalized spacial score (nSPS) is 16.9. The summed E-state index contributed by atoms with van der Waals surface area (Å²) in [5.74, 6) is 1.26. The van der Waals surface area contributed by atoms with Gasteiger partial charge < -0.3 is 26.0 Å². The molecule has 0 saturated carbocycles. The number of aromatic amines is 1. The number of aliphatic carboxylic acids is 2. The molecule has 1 aromatic heterocycles. The van der Waals surface area contributed by atoms with Gasteiger partial charge in [-0.05, 0) is 43.0 Å².